The van der Waals surface area contributed by atoms with Gasteiger partial charge in [0.25, 0.3) is 5.91 Å². The average Bonchev–Trinajstić information content (AvgIpc) is 2.73. The number of amides is 1. The van der Waals surface area contributed by atoms with Gasteiger partial charge in [0.1, 0.15) is 0 Å². The Bertz CT molecular complexity index is 1040. The molecule has 3 nitrogen and oxygen atoms in total. The number of nitrogens with two attached hydrogens (primary N) is 1. The van der Waals surface area contributed by atoms with Crippen LogP contribution in [0, 0.1) is 0 Å². The number of carbonyl (C=O) groups is 1. The molecule has 0 bridgehead atoms. The summed E-state index contributed by atoms with van der Waals surface area (Å²) in [7, 11) is 0. The molecule has 2 N–H and O–H groups in total. The molecule has 3 rings (SSSR count). The lowest BCUT2D eigenvalue weighted by Gasteiger charge is -2.25. The molecule has 3 aromatic carbocycles. The third-order valence-electron chi connectivity index (χ3n) is 5.31. The second-order valence-corrected chi connectivity index (χ2v) is 9.65. The molecule has 0 aliphatic heterocycles. The van der Waals surface area contributed by atoms with E-state index in [4.69, 9.17) is 28.9 Å². The zero-order valence-electron chi connectivity index (χ0n) is 18.2. The van der Waals surface area contributed by atoms with Crippen molar-refractivity contribution in [3.8, 4) is 0 Å². The number of carbonyl (C=O) groups excluding carboxylic acids is 1. The van der Waals surface area contributed by atoms with Crippen molar-refractivity contribution in [2.75, 3.05) is 12.3 Å². The summed E-state index contributed by atoms with van der Waals surface area (Å²) in [5, 5.41) is 1.19. The molecule has 0 saturated heterocycles. The van der Waals surface area contributed by atoms with Crippen LogP contribution in [0.3, 0.4) is 0 Å². The lowest BCUT2D eigenvalue weighted by molar-refractivity contribution is 0.0746. The average molecular weight is 455 g/mol. The van der Waals surface area contributed by atoms with Crippen molar-refractivity contribution in [1.82, 2.24) is 4.90 Å². The Hall–Kier alpha value is -2.49. The minimum absolute atomic E-state index is 0.0812. The summed E-state index contributed by atoms with van der Waals surface area (Å²) in [5.74, 6) is -0.131. The first kappa shape index (κ1) is 23.2. The Labute approximate surface area is 194 Å². The summed E-state index contributed by atoms with van der Waals surface area (Å²) in [5.41, 5.74) is 10.5. The number of hydrogen-bond acceptors (Lipinski definition) is 2. The Balaban J connectivity index is 1.85. The quantitative estimate of drug-likeness (QED) is 0.418. The molecule has 162 valence electrons. The number of hydrogen-bond donors (Lipinski definition) is 1. The van der Waals surface area contributed by atoms with Crippen LogP contribution in [0.4, 0.5) is 5.69 Å². The molecular formula is C26H28Cl2N2O. The molecule has 0 radical (unpaired) electrons. The maximum Gasteiger partial charge on any atom is 0.256 e. The van der Waals surface area contributed by atoms with Gasteiger partial charge in [0, 0.05) is 28.8 Å². The molecule has 0 spiro atoms. The van der Waals surface area contributed by atoms with Gasteiger partial charge < -0.3 is 10.6 Å². The molecule has 31 heavy (non-hydrogen) atoms. The van der Waals surface area contributed by atoms with Gasteiger partial charge >= 0.3 is 0 Å². The third-order valence-corrected chi connectivity index (χ3v) is 5.80. The first-order valence-electron chi connectivity index (χ1n) is 10.3. The summed E-state index contributed by atoms with van der Waals surface area (Å²) < 4.78 is 0. The number of benzene rings is 3. The molecule has 5 heteroatoms. The van der Waals surface area contributed by atoms with E-state index >= 15 is 0 Å². The van der Waals surface area contributed by atoms with Crippen LogP contribution in [0.15, 0.2) is 66.7 Å². The summed E-state index contributed by atoms with van der Waals surface area (Å²) in [6.07, 6.45) is 0.712. The highest BCUT2D eigenvalue weighted by molar-refractivity contribution is 6.31. The van der Waals surface area contributed by atoms with Crippen LogP contribution in [-0.2, 0) is 18.4 Å². The maximum absolute atomic E-state index is 13.4. The first-order chi connectivity index (χ1) is 14.6. The maximum atomic E-state index is 13.4. The van der Waals surface area contributed by atoms with Crippen molar-refractivity contribution in [3.05, 3.63) is 99.0 Å². The monoisotopic (exact) mass is 454 g/mol. The topological polar surface area (TPSA) is 46.3 Å². The molecule has 0 aromatic heterocycles. The van der Waals surface area contributed by atoms with Crippen molar-refractivity contribution in [1.29, 1.82) is 0 Å². The van der Waals surface area contributed by atoms with Crippen molar-refractivity contribution in [2.24, 2.45) is 0 Å². The zero-order chi connectivity index (χ0) is 22.6. The van der Waals surface area contributed by atoms with E-state index < -0.39 is 0 Å². The fourth-order valence-electron chi connectivity index (χ4n) is 3.38. The smallest absolute Gasteiger partial charge is 0.256 e. The fraction of sp³-hybridized carbons (Fsp3) is 0.269. The number of nitrogen functional groups attached to an aromatic ring is 1. The highest BCUT2D eigenvalue weighted by Gasteiger charge is 2.20. The predicted molar refractivity (Wildman–Crippen MR) is 131 cm³/mol. The minimum Gasteiger partial charge on any atom is -0.398 e. The van der Waals surface area contributed by atoms with E-state index in [1.54, 1.807) is 18.2 Å². The lowest BCUT2D eigenvalue weighted by Crippen LogP contribution is -2.33. The highest BCUT2D eigenvalue weighted by Crippen LogP contribution is 2.24. The van der Waals surface area contributed by atoms with Crippen LogP contribution in [0.5, 0.6) is 0 Å². The Morgan fingerprint density at radius 3 is 2.06 bits per heavy atom. The van der Waals surface area contributed by atoms with E-state index in [-0.39, 0.29) is 11.3 Å². The Morgan fingerprint density at radius 1 is 0.871 bits per heavy atom. The van der Waals surface area contributed by atoms with E-state index in [9.17, 15) is 4.79 Å². The molecule has 0 fully saturated rings. The van der Waals surface area contributed by atoms with E-state index in [0.29, 0.717) is 40.8 Å². The van der Waals surface area contributed by atoms with E-state index in [1.807, 2.05) is 29.2 Å². The van der Waals surface area contributed by atoms with Crippen LogP contribution < -0.4 is 5.73 Å². The lowest BCUT2D eigenvalue weighted by atomic mass is 9.87. The van der Waals surface area contributed by atoms with Gasteiger partial charge in [0.05, 0.1) is 5.56 Å². The molecule has 0 aliphatic rings. The summed E-state index contributed by atoms with van der Waals surface area (Å²) >= 11 is 12.1. The van der Waals surface area contributed by atoms with Gasteiger partial charge in [-0.15, -0.1) is 0 Å². The van der Waals surface area contributed by atoms with Crippen LogP contribution in [-0.4, -0.2) is 17.4 Å². The number of rotatable bonds is 6. The molecule has 0 aliphatic carbocycles. The van der Waals surface area contributed by atoms with Crippen LogP contribution in [0.2, 0.25) is 10.0 Å². The molecule has 3 aromatic rings. The van der Waals surface area contributed by atoms with Gasteiger partial charge in [-0.25, -0.2) is 0 Å². The van der Waals surface area contributed by atoms with Crippen molar-refractivity contribution < 1.29 is 4.79 Å². The fourth-order valence-corrected chi connectivity index (χ4v) is 3.68. The van der Waals surface area contributed by atoms with Crippen molar-refractivity contribution in [3.63, 3.8) is 0 Å². The molecule has 0 heterocycles. The molecule has 1 amide bonds. The van der Waals surface area contributed by atoms with Gasteiger partial charge in [-0.1, -0.05) is 80.4 Å². The van der Waals surface area contributed by atoms with Crippen molar-refractivity contribution in [2.45, 2.75) is 39.2 Å². The largest absolute Gasteiger partial charge is 0.398 e. The number of nitrogens with zero attached hydrogens (tertiary/aromatic N) is 1. The second-order valence-electron chi connectivity index (χ2n) is 8.78. The van der Waals surface area contributed by atoms with E-state index in [0.717, 1.165) is 11.1 Å². The first-order valence-corrected chi connectivity index (χ1v) is 11.1. The molecular weight excluding hydrogens is 427 g/mol. The Morgan fingerprint density at radius 2 is 1.45 bits per heavy atom. The van der Waals surface area contributed by atoms with Gasteiger partial charge in [0.2, 0.25) is 0 Å². The Kier molecular flexibility index (Phi) is 7.30. The van der Waals surface area contributed by atoms with E-state index in [1.165, 1.54) is 5.56 Å². The summed E-state index contributed by atoms with van der Waals surface area (Å²) in [4.78, 5) is 15.2. The van der Waals surface area contributed by atoms with Crippen LogP contribution in [0.25, 0.3) is 0 Å². The van der Waals surface area contributed by atoms with Crippen molar-refractivity contribution >= 4 is 34.8 Å². The van der Waals surface area contributed by atoms with Crippen LogP contribution >= 0.6 is 23.2 Å². The SMILES string of the molecule is CC(C)(C)c1ccc(CN(CCc2ccc(Cl)cc2)C(=O)c2cc(Cl)ccc2N)cc1. The third kappa shape index (κ3) is 6.25. The van der Waals surface area contributed by atoms with E-state index in [2.05, 4.69) is 45.0 Å². The number of halogens is 2. The standard InChI is InChI=1S/C26H28Cl2N2O/c1-26(2,3)20-8-4-19(5-9-20)17-30(15-14-18-6-10-21(27)11-7-18)25(31)23-16-22(28)12-13-24(23)29/h4-13,16H,14-15,17,29H2,1-3H3. The second kappa shape index (κ2) is 9.76. The molecule has 0 saturated carbocycles. The number of anilines is 1. The van der Waals surface area contributed by atoms with Gasteiger partial charge in [-0.3, -0.25) is 4.79 Å². The van der Waals surface area contributed by atoms with Gasteiger partial charge in [-0.2, -0.15) is 0 Å². The molecule has 0 unspecified atom stereocenters. The molecule has 0 atom stereocenters. The van der Waals surface area contributed by atoms with Crippen LogP contribution in [0.1, 0.15) is 47.8 Å². The zero-order valence-corrected chi connectivity index (χ0v) is 19.7. The summed E-state index contributed by atoms with van der Waals surface area (Å²) in [6.45, 7) is 7.60. The highest BCUT2D eigenvalue weighted by atomic mass is 35.5. The van der Waals surface area contributed by atoms with Gasteiger partial charge in [0.15, 0.2) is 0 Å². The van der Waals surface area contributed by atoms with Gasteiger partial charge in [-0.05, 0) is 58.9 Å². The predicted octanol–water partition coefficient (Wildman–Crippen LogP) is 6.76. The minimum atomic E-state index is -0.131. The normalized spacial score (nSPS) is 11.4. The summed E-state index contributed by atoms with van der Waals surface area (Å²) in [6, 6.07) is 21.1.